The molecule has 468 valence electrons. The molecule has 0 radical (unpaired) electrons. The van der Waals surface area contributed by atoms with Gasteiger partial charge in [0.25, 0.3) is 0 Å². The summed E-state index contributed by atoms with van der Waals surface area (Å²) in [4.78, 5) is 13.1. The third kappa shape index (κ3) is 48.7. The van der Waals surface area contributed by atoms with Gasteiger partial charge in [-0.05, 0) is 44.9 Å². The van der Waals surface area contributed by atoms with Crippen molar-refractivity contribution in [3.05, 3.63) is 24.3 Å². The molecule has 7 unspecified atom stereocenters. The number of carbonyl (C=O) groups excluding carboxylic acids is 1. The van der Waals surface area contributed by atoms with E-state index in [0.717, 1.165) is 44.9 Å². The molecule has 1 saturated heterocycles. The second-order valence-electron chi connectivity index (χ2n) is 24.7. The second kappa shape index (κ2) is 59.8. The molecule has 6 N–H and O–H groups in total. The van der Waals surface area contributed by atoms with Gasteiger partial charge in [-0.3, -0.25) is 4.79 Å². The van der Waals surface area contributed by atoms with E-state index in [1.54, 1.807) is 0 Å². The Hall–Kier alpha value is -1.33. The Morgan fingerprint density at radius 1 is 0.430 bits per heavy atom. The Balaban J connectivity index is 2.10. The van der Waals surface area contributed by atoms with Crippen molar-refractivity contribution in [3.8, 4) is 0 Å². The molecule has 1 aliphatic heterocycles. The molecule has 7 atom stereocenters. The number of allylic oxidation sites excluding steroid dienone is 4. The van der Waals surface area contributed by atoms with E-state index in [1.807, 2.05) is 0 Å². The molecule has 1 rings (SSSR count). The van der Waals surface area contributed by atoms with Gasteiger partial charge in [0.2, 0.25) is 5.91 Å². The van der Waals surface area contributed by atoms with Crippen molar-refractivity contribution in [1.82, 2.24) is 5.32 Å². The summed E-state index contributed by atoms with van der Waals surface area (Å²) in [7, 11) is 0. The van der Waals surface area contributed by atoms with Crippen LogP contribution in [0.25, 0.3) is 0 Å². The number of ether oxygens (including phenoxy) is 2. The molecule has 79 heavy (non-hydrogen) atoms. The van der Waals surface area contributed by atoms with Crippen LogP contribution in [0, 0.1) is 0 Å². The molecular weight excluding hydrogens is 983 g/mol. The monoisotopic (exact) mass is 1120 g/mol. The van der Waals surface area contributed by atoms with Crippen molar-refractivity contribution in [1.29, 1.82) is 0 Å². The highest BCUT2D eigenvalue weighted by Gasteiger charge is 2.44. The molecule has 1 fully saturated rings. The molecule has 0 aliphatic carbocycles. The average Bonchev–Trinajstić information content (AvgIpc) is 3.47. The zero-order valence-corrected chi connectivity index (χ0v) is 52.4. The minimum atomic E-state index is -1.55. The summed E-state index contributed by atoms with van der Waals surface area (Å²) in [5.74, 6) is -0.136. The lowest BCUT2D eigenvalue weighted by Gasteiger charge is -2.40. The van der Waals surface area contributed by atoms with E-state index in [9.17, 15) is 30.3 Å². The van der Waals surface area contributed by atoms with Crippen LogP contribution in [-0.2, 0) is 14.3 Å². The normalized spacial score (nSPS) is 18.6. The summed E-state index contributed by atoms with van der Waals surface area (Å²) in [5, 5.41) is 54.9. The number of carbonyl (C=O) groups is 1. The van der Waals surface area contributed by atoms with Gasteiger partial charge in [-0.1, -0.05) is 334 Å². The number of hydrogen-bond donors (Lipinski definition) is 6. The van der Waals surface area contributed by atoms with E-state index in [4.69, 9.17) is 9.47 Å². The van der Waals surface area contributed by atoms with Gasteiger partial charge in [0, 0.05) is 6.42 Å². The van der Waals surface area contributed by atoms with Gasteiger partial charge < -0.3 is 40.3 Å². The first kappa shape index (κ1) is 75.7. The quantitative estimate of drug-likeness (QED) is 0.0261. The number of nitrogens with one attached hydrogen (secondary N) is 1. The van der Waals surface area contributed by atoms with Gasteiger partial charge >= 0.3 is 0 Å². The highest BCUT2D eigenvalue weighted by molar-refractivity contribution is 5.76. The van der Waals surface area contributed by atoms with Crippen molar-refractivity contribution in [2.75, 3.05) is 13.2 Å². The summed E-state index contributed by atoms with van der Waals surface area (Å²) in [5.41, 5.74) is 0. The number of hydrogen-bond acceptors (Lipinski definition) is 8. The van der Waals surface area contributed by atoms with Gasteiger partial charge in [-0.15, -0.1) is 0 Å². The predicted molar refractivity (Wildman–Crippen MR) is 337 cm³/mol. The van der Waals surface area contributed by atoms with Gasteiger partial charge in [-0.2, -0.15) is 0 Å². The predicted octanol–water partition coefficient (Wildman–Crippen LogP) is 18.9. The van der Waals surface area contributed by atoms with E-state index in [1.165, 1.54) is 289 Å². The lowest BCUT2D eigenvalue weighted by Crippen LogP contribution is -2.60. The summed E-state index contributed by atoms with van der Waals surface area (Å²) in [6.45, 7) is 3.89. The number of aliphatic hydroxyl groups is 5. The van der Waals surface area contributed by atoms with Crippen molar-refractivity contribution >= 4 is 5.91 Å². The first-order valence-electron chi connectivity index (χ1n) is 35.0. The molecule has 0 aromatic heterocycles. The Kier molecular flexibility index (Phi) is 57.3. The van der Waals surface area contributed by atoms with Crippen molar-refractivity contribution in [3.63, 3.8) is 0 Å². The molecule has 9 heteroatoms. The Labute approximate surface area is 489 Å². The van der Waals surface area contributed by atoms with Crippen LogP contribution in [0.5, 0.6) is 0 Å². The van der Waals surface area contributed by atoms with Crippen molar-refractivity contribution in [2.45, 2.75) is 403 Å². The summed E-state index contributed by atoms with van der Waals surface area (Å²) >= 11 is 0. The molecule has 1 heterocycles. The maximum Gasteiger partial charge on any atom is 0.220 e. The van der Waals surface area contributed by atoms with Crippen LogP contribution in [0.3, 0.4) is 0 Å². The zero-order valence-electron chi connectivity index (χ0n) is 52.4. The van der Waals surface area contributed by atoms with Crippen LogP contribution in [-0.4, -0.2) is 87.5 Å². The number of rotatable bonds is 62. The molecule has 1 aliphatic rings. The fourth-order valence-electron chi connectivity index (χ4n) is 11.6. The Bertz CT molecular complexity index is 1300. The number of unbranched alkanes of at least 4 members (excludes halogenated alkanes) is 48. The third-order valence-corrected chi connectivity index (χ3v) is 17.1. The van der Waals surface area contributed by atoms with Crippen LogP contribution in [0.2, 0.25) is 0 Å². The van der Waals surface area contributed by atoms with Crippen LogP contribution in [0.1, 0.15) is 361 Å². The van der Waals surface area contributed by atoms with E-state index in [2.05, 4.69) is 43.5 Å². The molecule has 0 bridgehead atoms. The Morgan fingerprint density at radius 3 is 1.09 bits per heavy atom. The minimum absolute atomic E-state index is 0.133. The first-order valence-corrected chi connectivity index (χ1v) is 35.0. The average molecular weight is 1120 g/mol. The Morgan fingerprint density at radius 2 is 0.747 bits per heavy atom. The van der Waals surface area contributed by atoms with Crippen LogP contribution >= 0.6 is 0 Å². The van der Waals surface area contributed by atoms with Crippen LogP contribution in [0.15, 0.2) is 24.3 Å². The smallest absolute Gasteiger partial charge is 0.220 e. The van der Waals surface area contributed by atoms with Crippen LogP contribution < -0.4 is 5.32 Å². The molecular formula is C70H135NO8. The summed E-state index contributed by atoms with van der Waals surface area (Å²) < 4.78 is 11.4. The number of aliphatic hydroxyl groups excluding tert-OH is 5. The highest BCUT2D eigenvalue weighted by atomic mass is 16.7. The SMILES string of the molecule is CCCCCCC/C=C\C/C=C\CCCCCCCCCCCCCCCCCCCCCC(=O)NC(COC1OC(CO)C(O)C(O)C1O)C(O)CCCCCCCCCCCCCCCCCCCCCCCCCCC. The second-order valence-corrected chi connectivity index (χ2v) is 24.7. The molecule has 0 saturated carbocycles. The topological polar surface area (TPSA) is 149 Å². The van der Waals surface area contributed by atoms with Crippen molar-refractivity contribution < 1.29 is 39.8 Å². The minimum Gasteiger partial charge on any atom is -0.394 e. The highest BCUT2D eigenvalue weighted by Crippen LogP contribution is 2.24. The fraction of sp³-hybridized carbons (Fsp3) is 0.929. The molecule has 0 spiro atoms. The molecule has 0 aromatic carbocycles. The zero-order chi connectivity index (χ0) is 57.2. The standard InChI is InChI=1S/C70H135NO8/c1-3-5-7-9-11-13-15-17-19-21-23-25-27-29-30-31-32-33-34-36-38-40-42-44-46-48-50-52-54-56-58-60-66(74)71-63(62-78-70-69(77)68(76)67(75)65(61-72)79-70)64(73)59-57-55-53-51-49-47-45-43-41-39-37-35-28-26-24-22-20-18-16-14-12-10-8-6-4-2/h15,17,21,23,63-65,67-70,72-73,75-77H,3-14,16,18-20,22,24-62H2,1-2H3,(H,71,74)/b17-15-,23-21-. The van der Waals surface area contributed by atoms with Gasteiger partial charge in [-0.25, -0.2) is 0 Å². The maximum atomic E-state index is 13.1. The fourth-order valence-corrected chi connectivity index (χ4v) is 11.6. The third-order valence-electron chi connectivity index (χ3n) is 17.1. The summed E-state index contributed by atoms with van der Waals surface area (Å²) in [6, 6.07) is -0.718. The van der Waals surface area contributed by atoms with Gasteiger partial charge in [0.05, 0.1) is 25.4 Å². The van der Waals surface area contributed by atoms with E-state index >= 15 is 0 Å². The molecule has 1 amide bonds. The van der Waals surface area contributed by atoms with Crippen molar-refractivity contribution in [2.24, 2.45) is 0 Å². The summed E-state index contributed by atoms with van der Waals surface area (Å²) in [6.07, 6.45) is 71.0. The maximum absolute atomic E-state index is 13.1. The lowest BCUT2D eigenvalue weighted by molar-refractivity contribution is -0.302. The van der Waals surface area contributed by atoms with E-state index in [-0.39, 0.29) is 12.5 Å². The van der Waals surface area contributed by atoms with E-state index in [0.29, 0.717) is 12.8 Å². The van der Waals surface area contributed by atoms with Gasteiger partial charge in [0.1, 0.15) is 24.4 Å². The molecule has 9 nitrogen and oxygen atoms in total. The largest absolute Gasteiger partial charge is 0.394 e. The van der Waals surface area contributed by atoms with E-state index < -0.39 is 49.5 Å². The number of amides is 1. The lowest BCUT2D eigenvalue weighted by atomic mass is 9.99. The molecule has 0 aromatic rings. The van der Waals surface area contributed by atoms with Crippen LogP contribution in [0.4, 0.5) is 0 Å². The first-order chi connectivity index (χ1) is 38.8. The van der Waals surface area contributed by atoms with Gasteiger partial charge in [0.15, 0.2) is 6.29 Å².